The second-order valence-corrected chi connectivity index (χ2v) is 26.3. The first kappa shape index (κ1) is 42.8. The average molecular weight is 860 g/mol. The lowest BCUT2D eigenvalue weighted by Gasteiger charge is -2.42. The molecule has 2 aromatic carbocycles. The van der Waals surface area contributed by atoms with Crippen LogP contribution in [-0.2, 0) is 19.3 Å². The lowest BCUT2D eigenvalue weighted by atomic mass is 9.96. The molecule has 314 valence electrons. The molecule has 1 amide bonds. The number of pyridine rings is 1. The summed E-state index contributed by atoms with van der Waals surface area (Å²) in [6, 6.07) is 8.50. The highest BCUT2D eigenvalue weighted by Crippen LogP contribution is 2.46. The molecule has 2 aliphatic heterocycles. The predicted molar refractivity (Wildman–Crippen MR) is 236 cm³/mol. The van der Waals surface area contributed by atoms with Gasteiger partial charge in [0.1, 0.15) is 35.9 Å². The van der Waals surface area contributed by atoms with E-state index in [-0.39, 0.29) is 30.1 Å². The molecule has 2 saturated heterocycles. The second-order valence-electron chi connectivity index (χ2n) is 17.8. The van der Waals surface area contributed by atoms with Crippen LogP contribution >= 0.6 is 11.3 Å². The maximum absolute atomic E-state index is 16.4. The smallest absolute Gasteiger partial charge is 0.410 e. The van der Waals surface area contributed by atoms with Gasteiger partial charge in [0.25, 0.3) is 0 Å². The summed E-state index contributed by atoms with van der Waals surface area (Å²) in [6.07, 6.45) is 4.04. The Hall–Kier alpha value is -4.36. The van der Waals surface area contributed by atoms with E-state index in [1.165, 1.54) is 17.4 Å². The molecule has 15 heteroatoms. The molecule has 2 atom stereocenters. The van der Waals surface area contributed by atoms with Gasteiger partial charge in [0.05, 0.1) is 33.4 Å². The van der Waals surface area contributed by atoms with Gasteiger partial charge in [-0.25, -0.2) is 27.6 Å². The van der Waals surface area contributed by atoms with E-state index >= 15 is 4.39 Å². The largest absolute Gasteiger partial charge is 0.468 e. The number of rotatable bonds is 9. The van der Waals surface area contributed by atoms with Crippen molar-refractivity contribution < 1.29 is 31.8 Å². The van der Waals surface area contributed by atoms with Gasteiger partial charge < -0.3 is 19.1 Å². The van der Waals surface area contributed by atoms with Gasteiger partial charge in [0.15, 0.2) is 6.79 Å². The van der Waals surface area contributed by atoms with Crippen molar-refractivity contribution in [2.75, 3.05) is 38.1 Å². The summed E-state index contributed by atoms with van der Waals surface area (Å²) < 4.78 is 60.4. The molecule has 0 aliphatic carbocycles. The average Bonchev–Trinajstić information content (AvgIpc) is 3.66. The second kappa shape index (κ2) is 15.9. The van der Waals surface area contributed by atoms with Crippen LogP contribution in [0.2, 0.25) is 16.6 Å². The minimum atomic E-state index is -3.83. The molecule has 0 spiro atoms. The van der Waals surface area contributed by atoms with Crippen LogP contribution < -0.4 is 9.64 Å². The Kier molecular flexibility index (Phi) is 11.5. The SMILES string of the molecule is COCOc1cc(-c2nccc3c2sc2nc(S(C)(=O)=O)nc(N4C[C@H]5CC[C@@H](C4)N5C(=O)OC(C)(C)C)c23)c2c(C#C[Si](C(C)C)(C(C)C)C(C)C)c(F)ccc2c1. The fourth-order valence-corrected chi connectivity index (χ4v) is 16.3. The van der Waals surface area contributed by atoms with E-state index in [0.29, 0.717) is 73.7 Å². The van der Waals surface area contributed by atoms with Crippen LogP contribution in [0.4, 0.5) is 15.0 Å². The van der Waals surface area contributed by atoms with Crippen LogP contribution in [0, 0.1) is 17.3 Å². The molecular weight excluding hydrogens is 806 g/mol. The zero-order chi connectivity index (χ0) is 42.8. The van der Waals surface area contributed by atoms with Gasteiger partial charge in [-0.2, -0.15) is 0 Å². The molecule has 2 fully saturated rings. The molecule has 2 aliphatic rings. The normalized spacial score (nSPS) is 17.5. The van der Waals surface area contributed by atoms with Gasteiger partial charge in [-0.15, -0.1) is 16.9 Å². The number of nitrogens with zero attached hydrogens (tertiary/aromatic N) is 5. The van der Waals surface area contributed by atoms with Crippen molar-refractivity contribution in [1.82, 2.24) is 19.9 Å². The highest BCUT2D eigenvalue weighted by molar-refractivity contribution is 7.90. The number of hydrogen-bond donors (Lipinski definition) is 0. The van der Waals surface area contributed by atoms with Crippen molar-refractivity contribution in [3.8, 4) is 28.5 Å². The number of methoxy groups -OCH3 is 1. The summed E-state index contributed by atoms with van der Waals surface area (Å²) in [6.45, 7) is 19.8. The van der Waals surface area contributed by atoms with Gasteiger partial charge in [0.2, 0.25) is 15.0 Å². The Morgan fingerprint density at radius 1 is 1.00 bits per heavy atom. The highest BCUT2D eigenvalue weighted by atomic mass is 32.2. The maximum Gasteiger partial charge on any atom is 0.410 e. The van der Waals surface area contributed by atoms with E-state index in [2.05, 4.69) is 62.9 Å². The van der Waals surface area contributed by atoms with Crippen LogP contribution in [-0.4, -0.2) is 93.4 Å². The lowest BCUT2D eigenvalue weighted by Crippen LogP contribution is -2.57. The molecular formula is C44H54FN5O6S2Si. The Morgan fingerprint density at radius 3 is 2.25 bits per heavy atom. The van der Waals surface area contributed by atoms with Crippen molar-refractivity contribution in [3.05, 3.63) is 47.9 Å². The minimum Gasteiger partial charge on any atom is -0.468 e. The summed E-state index contributed by atoms with van der Waals surface area (Å²) in [7, 11) is -4.54. The first-order valence-corrected chi connectivity index (χ1v) is 25.2. The summed E-state index contributed by atoms with van der Waals surface area (Å²) in [5, 5.41) is 2.52. The topological polar surface area (TPSA) is 124 Å². The molecule has 7 rings (SSSR count). The Morgan fingerprint density at radius 2 is 1.66 bits per heavy atom. The molecule has 11 nitrogen and oxygen atoms in total. The standard InChI is InChI=1S/C44H54FN5O6S2Si/c1-25(2)59(26(3)4,27(5)6)19-17-32-35(45)15-12-28-20-31(55-24-54-10)21-34(36(28)32)38-39-33(16-18-46-38)37-40(47-42(58(11,52)53)48-41(37)57-39)49-22-29-13-14-30(23-49)50(29)43(51)56-44(7,8)9/h12,15-16,18,20-21,25-27,29-30H,13-14,22-24H2,1-11H3/t29-,30+. The van der Waals surface area contributed by atoms with Crippen LogP contribution in [0.3, 0.4) is 0 Å². The monoisotopic (exact) mass is 859 g/mol. The van der Waals surface area contributed by atoms with Gasteiger partial charge in [-0.05, 0) is 79.9 Å². The van der Waals surface area contributed by atoms with Gasteiger partial charge in [0, 0.05) is 49.0 Å². The van der Waals surface area contributed by atoms with Crippen molar-refractivity contribution in [1.29, 1.82) is 0 Å². The third kappa shape index (κ3) is 7.89. The Balaban J connectivity index is 1.46. The summed E-state index contributed by atoms with van der Waals surface area (Å²) in [5.41, 5.74) is 5.59. The number of halogens is 1. The molecule has 2 bridgehead atoms. The van der Waals surface area contributed by atoms with E-state index in [1.54, 1.807) is 19.4 Å². The zero-order valence-corrected chi connectivity index (χ0v) is 38.4. The number of hydrogen-bond acceptors (Lipinski definition) is 11. The number of benzene rings is 2. The van der Waals surface area contributed by atoms with E-state index < -0.39 is 29.3 Å². The summed E-state index contributed by atoms with van der Waals surface area (Å²) in [5.74, 6) is 3.98. The molecule has 3 aromatic heterocycles. The number of piperazine rings is 1. The highest BCUT2D eigenvalue weighted by Gasteiger charge is 2.45. The van der Waals surface area contributed by atoms with E-state index in [0.717, 1.165) is 34.6 Å². The van der Waals surface area contributed by atoms with Crippen molar-refractivity contribution in [3.63, 3.8) is 0 Å². The first-order valence-electron chi connectivity index (χ1n) is 20.2. The van der Waals surface area contributed by atoms with Crippen LogP contribution in [0.5, 0.6) is 5.75 Å². The van der Waals surface area contributed by atoms with Crippen LogP contribution in [0.25, 0.3) is 42.3 Å². The van der Waals surface area contributed by atoms with Crippen molar-refractivity contribution in [2.45, 2.75) is 115 Å². The minimum absolute atomic E-state index is 0.000995. The van der Waals surface area contributed by atoms with Crippen molar-refractivity contribution in [2.24, 2.45) is 0 Å². The third-order valence-electron chi connectivity index (χ3n) is 11.8. The maximum atomic E-state index is 16.4. The molecule has 59 heavy (non-hydrogen) atoms. The van der Waals surface area contributed by atoms with Gasteiger partial charge in [-0.1, -0.05) is 53.5 Å². The summed E-state index contributed by atoms with van der Waals surface area (Å²) in [4.78, 5) is 32.1. The fourth-order valence-electron chi connectivity index (χ4n) is 9.38. The third-order valence-corrected chi connectivity index (χ3v) is 20.1. The quantitative estimate of drug-likeness (QED) is 0.0613. The Labute approximate surface area is 351 Å². The molecule has 0 radical (unpaired) electrons. The first-order chi connectivity index (χ1) is 27.7. The van der Waals surface area contributed by atoms with E-state index in [1.807, 2.05) is 43.9 Å². The lowest BCUT2D eigenvalue weighted by molar-refractivity contribution is 0.0122. The molecule has 5 heterocycles. The van der Waals surface area contributed by atoms with E-state index in [4.69, 9.17) is 24.2 Å². The number of carbonyl (C=O) groups excluding carboxylic acids is 1. The number of thiophene rings is 1. The van der Waals surface area contributed by atoms with Crippen LogP contribution in [0.1, 0.15) is 80.7 Å². The van der Waals surface area contributed by atoms with E-state index in [9.17, 15) is 13.2 Å². The number of anilines is 1. The Bertz CT molecular complexity index is 2600. The predicted octanol–water partition coefficient (Wildman–Crippen LogP) is 9.74. The summed E-state index contributed by atoms with van der Waals surface area (Å²) >= 11 is 1.31. The number of ether oxygens (including phenoxy) is 3. The van der Waals surface area contributed by atoms with Crippen molar-refractivity contribution >= 4 is 72.2 Å². The zero-order valence-electron chi connectivity index (χ0n) is 35.8. The van der Waals surface area contributed by atoms with Crippen LogP contribution in [0.15, 0.2) is 41.7 Å². The fraction of sp³-hybridized carbons (Fsp3) is 0.500. The number of aromatic nitrogens is 3. The number of carbonyl (C=O) groups is 1. The number of fused-ring (bicyclic) bond motifs is 6. The molecule has 0 unspecified atom stereocenters. The molecule has 5 aromatic rings. The molecule has 0 N–H and O–H groups in total. The van der Waals surface area contributed by atoms with Gasteiger partial charge in [-0.3, -0.25) is 9.88 Å². The number of amides is 1. The molecule has 0 saturated carbocycles. The number of sulfone groups is 1. The van der Waals surface area contributed by atoms with Gasteiger partial charge >= 0.3 is 6.09 Å².